The summed E-state index contributed by atoms with van der Waals surface area (Å²) in [6.07, 6.45) is 7.13. The summed E-state index contributed by atoms with van der Waals surface area (Å²) in [5, 5.41) is 6.89. The molecule has 170 valence electrons. The fourth-order valence-corrected chi connectivity index (χ4v) is 4.48. The molecule has 0 aromatic heterocycles. The first-order chi connectivity index (χ1) is 15.2. The Balaban J connectivity index is 1.20. The molecule has 1 aromatic carbocycles. The molecule has 3 fully saturated rings. The number of carbonyl (C=O) groups is 1. The van der Waals surface area contributed by atoms with E-state index in [4.69, 9.17) is 4.99 Å². The van der Waals surface area contributed by atoms with Gasteiger partial charge in [0, 0.05) is 64.2 Å². The molecular weight excluding hydrogens is 386 g/mol. The van der Waals surface area contributed by atoms with E-state index >= 15 is 0 Å². The molecule has 31 heavy (non-hydrogen) atoms. The van der Waals surface area contributed by atoms with Gasteiger partial charge in [-0.15, -0.1) is 0 Å². The topological polar surface area (TPSA) is 60.0 Å². The van der Waals surface area contributed by atoms with Crippen LogP contribution in [0.4, 0.5) is 0 Å². The summed E-state index contributed by atoms with van der Waals surface area (Å²) < 4.78 is 0. The number of amides is 1. The molecule has 1 aliphatic heterocycles. The lowest BCUT2D eigenvalue weighted by Gasteiger charge is -2.22. The second-order valence-corrected chi connectivity index (χ2v) is 9.46. The normalized spacial score (nSPS) is 21.7. The van der Waals surface area contributed by atoms with Gasteiger partial charge in [0.2, 0.25) is 5.91 Å². The Bertz CT molecular complexity index is 729. The predicted octanol–water partition coefficient (Wildman–Crippen LogP) is 2.51. The summed E-state index contributed by atoms with van der Waals surface area (Å²) >= 11 is 0. The van der Waals surface area contributed by atoms with Gasteiger partial charge in [-0.2, -0.15) is 0 Å². The predicted molar refractivity (Wildman–Crippen MR) is 126 cm³/mol. The van der Waals surface area contributed by atoms with Crippen LogP contribution in [0.2, 0.25) is 0 Å². The number of aliphatic imine (C=N–C) groups is 1. The fourth-order valence-electron chi connectivity index (χ4n) is 4.48. The molecule has 3 aliphatic rings. The summed E-state index contributed by atoms with van der Waals surface area (Å²) in [6, 6.07) is 11.2. The minimum Gasteiger partial charge on any atom is -0.357 e. The van der Waals surface area contributed by atoms with Crippen molar-refractivity contribution in [2.24, 2.45) is 16.8 Å². The summed E-state index contributed by atoms with van der Waals surface area (Å²) in [7, 11) is 0. The first-order valence-corrected chi connectivity index (χ1v) is 12.3. The Kier molecular flexibility index (Phi) is 7.84. The maximum atomic E-state index is 12.4. The van der Waals surface area contributed by atoms with Gasteiger partial charge in [0.25, 0.3) is 0 Å². The van der Waals surface area contributed by atoms with Gasteiger partial charge in [-0.25, -0.2) is 0 Å². The summed E-state index contributed by atoms with van der Waals surface area (Å²) in [4.78, 5) is 21.9. The number of nitrogens with one attached hydrogen (secondary N) is 2. The second kappa shape index (κ2) is 11.0. The van der Waals surface area contributed by atoms with Crippen LogP contribution in [0.3, 0.4) is 0 Å². The van der Waals surface area contributed by atoms with E-state index in [0.29, 0.717) is 18.9 Å². The molecule has 1 atom stereocenters. The van der Waals surface area contributed by atoms with Crippen LogP contribution in [0.5, 0.6) is 0 Å². The molecule has 1 saturated heterocycles. The average molecular weight is 426 g/mol. The average Bonchev–Trinajstić information content (AvgIpc) is 3.70. The van der Waals surface area contributed by atoms with Crippen LogP contribution in [-0.4, -0.2) is 73.5 Å². The maximum Gasteiger partial charge on any atom is 0.223 e. The van der Waals surface area contributed by atoms with Gasteiger partial charge < -0.3 is 15.5 Å². The van der Waals surface area contributed by atoms with E-state index in [0.717, 1.165) is 57.1 Å². The van der Waals surface area contributed by atoms with Gasteiger partial charge in [0.1, 0.15) is 0 Å². The van der Waals surface area contributed by atoms with Crippen LogP contribution >= 0.6 is 0 Å². The molecule has 0 radical (unpaired) electrons. The van der Waals surface area contributed by atoms with Crippen molar-refractivity contribution in [1.29, 1.82) is 0 Å². The zero-order chi connectivity index (χ0) is 21.5. The second-order valence-electron chi connectivity index (χ2n) is 9.46. The van der Waals surface area contributed by atoms with Gasteiger partial charge in [-0.05, 0) is 50.5 Å². The van der Waals surface area contributed by atoms with Crippen LogP contribution in [0.1, 0.15) is 44.6 Å². The van der Waals surface area contributed by atoms with Crippen molar-refractivity contribution in [3.8, 4) is 0 Å². The number of nitrogens with zero attached hydrogens (tertiary/aromatic N) is 3. The van der Waals surface area contributed by atoms with E-state index in [1.54, 1.807) is 0 Å². The third-order valence-corrected chi connectivity index (χ3v) is 6.60. The van der Waals surface area contributed by atoms with Crippen molar-refractivity contribution in [1.82, 2.24) is 20.4 Å². The van der Waals surface area contributed by atoms with Crippen LogP contribution in [0, 0.1) is 11.8 Å². The molecule has 1 unspecified atom stereocenters. The Labute approximate surface area is 187 Å². The molecule has 1 aromatic rings. The lowest BCUT2D eigenvalue weighted by Crippen LogP contribution is -2.42. The summed E-state index contributed by atoms with van der Waals surface area (Å²) in [5.74, 6) is 2.43. The maximum absolute atomic E-state index is 12.4. The molecule has 6 heteroatoms. The van der Waals surface area contributed by atoms with Crippen LogP contribution < -0.4 is 10.6 Å². The van der Waals surface area contributed by atoms with Crippen LogP contribution in [0.25, 0.3) is 0 Å². The first-order valence-electron chi connectivity index (χ1n) is 12.3. The van der Waals surface area contributed by atoms with E-state index in [1.165, 1.54) is 37.8 Å². The lowest BCUT2D eigenvalue weighted by atomic mass is 10.1. The Morgan fingerprint density at radius 1 is 1.13 bits per heavy atom. The van der Waals surface area contributed by atoms with Crippen molar-refractivity contribution in [2.45, 2.75) is 51.5 Å². The largest absolute Gasteiger partial charge is 0.357 e. The van der Waals surface area contributed by atoms with Crippen molar-refractivity contribution < 1.29 is 4.79 Å². The molecular formula is C25H39N5O. The Morgan fingerprint density at radius 3 is 2.65 bits per heavy atom. The third-order valence-electron chi connectivity index (χ3n) is 6.60. The number of rotatable bonds is 12. The summed E-state index contributed by atoms with van der Waals surface area (Å²) in [6.45, 7) is 8.60. The first kappa shape index (κ1) is 22.1. The van der Waals surface area contributed by atoms with Crippen molar-refractivity contribution in [3.05, 3.63) is 35.9 Å². The minimum absolute atomic E-state index is 0.272. The highest BCUT2D eigenvalue weighted by Gasteiger charge is 2.33. The van der Waals surface area contributed by atoms with Gasteiger partial charge in [0.05, 0.1) is 0 Å². The van der Waals surface area contributed by atoms with Gasteiger partial charge >= 0.3 is 0 Å². The highest BCUT2D eigenvalue weighted by atomic mass is 16.2. The Morgan fingerprint density at radius 2 is 1.94 bits per heavy atom. The molecule has 4 rings (SSSR count). The minimum atomic E-state index is 0.272. The standard InChI is InChI=1S/C25H39N5O/c1-2-26-25(27-13-15-29(23-10-11-23)18-21-8-9-21)28-17-22-16-24(31)30(19-22)14-12-20-6-4-3-5-7-20/h3-7,21-23H,2,8-19H2,1H3,(H2,26,27,28). The fraction of sp³-hybridized carbons (Fsp3) is 0.680. The van der Waals surface area contributed by atoms with Crippen LogP contribution in [0.15, 0.2) is 35.3 Å². The van der Waals surface area contributed by atoms with E-state index in [1.807, 2.05) is 11.0 Å². The molecule has 0 bridgehead atoms. The molecule has 6 nitrogen and oxygen atoms in total. The smallest absolute Gasteiger partial charge is 0.223 e. The van der Waals surface area contributed by atoms with Crippen molar-refractivity contribution in [3.63, 3.8) is 0 Å². The van der Waals surface area contributed by atoms with Gasteiger partial charge in [-0.1, -0.05) is 30.3 Å². The Hall–Kier alpha value is -2.08. The van der Waals surface area contributed by atoms with Crippen LogP contribution in [-0.2, 0) is 11.2 Å². The van der Waals surface area contributed by atoms with Gasteiger partial charge in [0.15, 0.2) is 5.96 Å². The number of hydrogen-bond donors (Lipinski definition) is 2. The SMILES string of the molecule is CCNC(=NCC1CC(=O)N(CCc2ccccc2)C1)NCCN(CC1CC1)C1CC1. The number of hydrogen-bond acceptors (Lipinski definition) is 3. The van der Waals surface area contributed by atoms with E-state index in [-0.39, 0.29) is 5.91 Å². The third kappa shape index (κ3) is 7.23. The molecule has 1 amide bonds. The summed E-state index contributed by atoms with van der Waals surface area (Å²) in [5.41, 5.74) is 1.29. The van der Waals surface area contributed by atoms with Crippen molar-refractivity contribution in [2.75, 3.05) is 45.8 Å². The molecule has 2 N–H and O–H groups in total. The highest BCUT2D eigenvalue weighted by Crippen LogP contribution is 2.34. The number of guanidine groups is 1. The van der Waals surface area contributed by atoms with Gasteiger partial charge in [-0.3, -0.25) is 14.7 Å². The lowest BCUT2D eigenvalue weighted by molar-refractivity contribution is -0.127. The zero-order valence-electron chi connectivity index (χ0n) is 19.1. The number of benzene rings is 1. The molecule has 0 spiro atoms. The van der Waals surface area contributed by atoms with E-state index < -0.39 is 0 Å². The monoisotopic (exact) mass is 425 g/mol. The molecule has 1 heterocycles. The van der Waals surface area contributed by atoms with Crippen molar-refractivity contribution >= 4 is 11.9 Å². The quantitative estimate of drug-likeness (QED) is 0.399. The number of likely N-dealkylation sites (tertiary alicyclic amines) is 1. The highest BCUT2D eigenvalue weighted by molar-refractivity contribution is 5.80. The molecule has 2 aliphatic carbocycles. The number of carbonyl (C=O) groups excluding carboxylic acids is 1. The zero-order valence-corrected chi connectivity index (χ0v) is 19.1. The van der Waals surface area contributed by atoms with E-state index in [2.05, 4.69) is 46.7 Å². The molecule has 2 saturated carbocycles. The van der Waals surface area contributed by atoms with E-state index in [9.17, 15) is 4.79 Å².